The highest BCUT2D eigenvalue weighted by molar-refractivity contribution is 5.94. The number of rotatable bonds is 3. The summed E-state index contributed by atoms with van der Waals surface area (Å²) in [6.45, 7) is 6.06. The first-order valence-electron chi connectivity index (χ1n) is 6.51. The highest BCUT2D eigenvalue weighted by atomic mass is 16.1. The van der Waals surface area contributed by atoms with Crippen molar-refractivity contribution in [3.8, 4) is 0 Å². The van der Waals surface area contributed by atoms with E-state index >= 15 is 0 Å². The molecule has 0 spiro atoms. The molecule has 2 aromatic rings. The number of carbonyl (C=O) groups excluding carboxylic acids is 1. The third-order valence-corrected chi connectivity index (χ3v) is 3.42. The van der Waals surface area contributed by atoms with E-state index in [1.807, 2.05) is 69.3 Å². The van der Waals surface area contributed by atoms with E-state index in [-0.39, 0.29) is 11.9 Å². The van der Waals surface area contributed by atoms with Crippen molar-refractivity contribution < 1.29 is 4.79 Å². The molecule has 0 bridgehead atoms. The zero-order valence-corrected chi connectivity index (χ0v) is 11.6. The van der Waals surface area contributed by atoms with E-state index in [0.29, 0.717) is 5.56 Å². The Morgan fingerprint density at radius 2 is 1.68 bits per heavy atom. The van der Waals surface area contributed by atoms with Crippen LogP contribution in [0.3, 0.4) is 0 Å². The molecule has 0 fully saturated rings. The van der Waals surface area contributed by atoms with E-state index in [1.165, 1.54) is 5.56 Å². The number of hydrogen-bond acceptors (Lipinski definition) is 1. The SMILES string of the molecule is Cc1ccc(C(=O)N[C@@H](C)c2ccccc2)cc1C. The van der Waals surface area contributed by atoms with E-state index in [2.05, 4.69) is 5.32 Å². The molecule has 0 heterocycles. The Morgan fingerprint density at radius 1 is 1.00 bits per heavy atom. The van der Waals surface area contributed by atoms with E-state index < -0.39 is 0 Å². The summed E-state index contributed by atoms with van der Waals surface area (Å²) in [5.41, 5.74) is 4.17. The Morgan fingerprint density at radius 3 is 2.32 bits per heavy atom. The van der Waals surface area contributed by atoms with Crippen molar-refractivity contribution in [3.05, 3.63) is 70.8 Å². The molecule has 0 aliphatic rings. The van der Waals surface area contributed by atoms with Gasteiger partial charge in [-0.2, -0.15) is 0 Å². The van der Waals surface area contributed by atoms with E-state index in [1.54, 1.807) is 0 Å². The van der Waals surface area contributed by atoms with Crippen LogP contribution in [0.5, 0.6) is 0 Å². The minimum absolute atomic E-state index is 0.00955. The fourth-order valence-electron chi connectivity index (χ4n) is 1.99. The zero-order chi connectivity index (χ0) is 13.8. The van der Waals surface area contributed by atoms with Crippen LogP contribution in [-0.4, -0.2) is 5.91 Å². The Kier molecular flexibility index (Phi) is 4.00. The molecular formula is C17H19NO. The normalized spacial score (nSPS) is 11.9. The summed E-state index contributed by atoms with van der Waals surface area (Å²) in [4.78, 5) is 12.2. The second-order valence-electron chi connectivity index (χ2n) is 4.90. The van der Waals surface area contributed by atoms with Crippen molar-refractivity contribution in [1.82, 2.24) is 5.32 Å². The van der Waals surface area contributed by atoms with Crippen LogP contribution in [0, 0.1) is 13.8 Å². The minimum Gasteiger partial charge on any atom is -0.346 e. The first-order valence-corrected chi connectivity index (χ1v) is 6.51. The first kappa shape index (κ1) is 13.3. The molecule has 0 saturated heterocycles. The topological polar surface area (TPSA) is 29.1 Å². The zero-order valence-electron chi connectivity index (χ0n) is 11.6. The van der Waals surface area contributed by atoms with Gasteiger partial charge < -0.3 is 5.32 Å². The number of nitrogens with one attached hydrogen (secondary N) is 1. The fraction of sp³-hybridized carbons (Fsp3) is 0.235. The number of benzene rings is 2. The van der Waals surface area contributed by atoms with Gasteiger partial charge in [0, 0.05) is 5.56 Å². The van der Waals surface area contributed by atoms with Gasteiger partial charge in [0.25, 0.3) is 5.91 Å². The van der Waals surface area contributed by atoms with Gasteiger partial charge in [-0.05, 0) is 49.6 Å². The van der Waals surface area contributed by atoms with Gasteiger partial charge in [-0.1, -0.05) is 36.4 Å². The summed E-state index contributed by atoms with van der Waals surface area (Å²) in [7, 11) is 0. The van der Waals surface area contributed by atoms with Crippen LogP contribution in [0.1, 0.15) is 40.0 Å². The summed E-state index contributed by atoms with van der Waals surface area (Å²) in [5.74, 6) is -0.0283. The Labute approximate surface area is 114 Å². The van der Waals surface area contributed by atoms with Crippen LogP contribution in [0.2, 0.25) is 0 Å². The van der Waals surface area contributed by atoms with Gasteiger partial charge in [-0.25, -0.2) is 0 Å². The maximum absolute atomic E-state index is 12.2. The molecule has 0 radical (unpaired) electrons. The molecule has 0 saturated carbocycles. The molecule has 1 amide bonds. The number of hydrogen-bond donors (Lipinski definition) is 1. The van der Waals surface area contributed by atoms with Gasteiger partial charge in [0.15, 0.2) is 0 Å². The lowest BCUT2D eigenvalue weighted by molar-refractivity contribution is 0.0940. The van der Waals surface area contributed by atoms with Gasteiger partial charge in [0.1, 0.15) is 0 Å². The van der Waals surface area contributed by atoms with Crippen LogP contribution >= 0.6 is 0 Å². The molecule has 1 N–H and O–H groups in total. The molecule has 2 nitrogen and oxygen atoms in total. The quantitative estimate of drug-likeness (QED) is 0.885. The summed E-state index contributed by atoms with van der Waals surface area (Å²) >= 11 is 0. The molecule has 0 aliphatic carbocycles. The molecule has 0 aliphatic heterocycles. The van der Waals surface area contributed by atoms with Crippen molar-refractivity contribution in [2.75, 3.05) is 0 Å². The standard InChI is InChI=1S/C17H19NO/c1-12-9-10-16(11-13(12)2)17(19)18-14(3)15-7-5-4-6-8-15/h4-11,14H,1-3H3,(H,18,19)/t14-/m0/s1. The predicted molar refractivity (Wildman–Crippen MR) is 78.2 cm³/mol. The first-order chi connectivity index (χ1) is 9.08. The second kappa shape index (κ2) is 5.70. The Bertz CT molecular complexity index is 575. The lowest BCUT2D eigenvalue weighted by Crippen LogP contribution is -2.26. The predicted octanol–water partition coefficient (Wildman–Crippen LogP) is 3.79. The van der Waals surface area contributed by atoms with E-state index in [4.69, 9.17) is 0 Å². The molecule has 1 atom stereocenters. The largest absolute Gasteiger partial charge is 0.346 e. The van der Waals surface area contributed by atoms with Crippen LogP contribution in [-0.2, 0) is 0 Å². The number of aryl methyl sites for hydroxylation is 2. The smallest absolute Gasteiger partial charge is 0.251 e. The van der Waals surface area contributed by atoms with Crippen LogP contribution in [0.15, 0.2) is 48.5 Å². The molecular weight excluding hydrogens is 234 g/mol. The van der Waals surface area contributed by atoms with Crippen molar-refractivity contribution in [1.29, 1.82) is 0 Å². The van der Waals surface area contributed by atoms with Crippen LogP contribution in [0.4, 0.5) is 0 Å². The minimum atomic E-state index is -0.0283. The summed E-state index contributed by atoms with van der Waals surface area (Å²) in [6, 6.07) is 15.8. The average molecular weight is 253 g/mol. The Balaban J connectivity index is 2.11. The van der Waals surface area contributed by atoms with Crippen molar-refractivity contribution in [3.63, 3.8) is 0 Å². The van der Waals surface area contributed by atoms with Gasteiger partial charge in [-0.15, -0.1) is 0 Å². The van der Waals surface area contributed by atoms with Crippen molar-refractivity contribution in [2.24, 2.45) is 0 Å². The molecule has 0 unspecified atom stereocenters. The monoisotopic (exact) mass is 253 g/mol. The molecule has 98 valence electrons. The maximum Gasteiger partial charge on any atom is 0.251 e. The molecule has 2 rings (SSSR count). The highest BCUT2D eigenvalue weighted by Crippen LogP contribution is 2.14. The van der Waals surface area contributed by atoms with Crippen LogP contribution in [0.25, 0.3) is 0 Å². The lowest BCUT2D eigenvalue weighted by Gasteiger charge is -2.14. The third-order valence-electron chi connectivity index (χ3n) is 3.42. The lowest BCUT2D eigenvalue weighted by atomic mass is 10.0. The molecule has 2 aromatic carbocycles. The Hall–Kier alpha value is -2.09. The fourth-order valence-corrected chi connectivity index (χ4v) is 1.99. The maximum atomic E-state index is 12.2. The molecule has 2 heteroatoms. The summed E-state index contributed by atoms with van der Waals surface area (Å²) in [6.07, 6.45) is 0. The number of carbonyl (C=O) groups is 1. The van der Waals surface area contributed by atoms with Gasteiger partial charge >= 0.3 is 0 Å². The van der Waals surface area contributed by atoms with E-state index in [9.17, 15) is 4.79 Å². The number of amides is 1. The van der Waals surface area contributed by atoms with Gasteiger partial charge in [-0.3, -0.25) is 4.79 Å². The van der Waals surface area contributed by atoms with Gasteiger partial charge in [0.2, 0.25) is 0 Å². The van der Waals surface area contributed by atoms with E-state index in [0.717, 1.165) is 11.1 Å². The second-order valence-corrected chi connectivity index (χ2v) is 4.90. The van der Waals surface area contributed by atoms with Crippen molar-refractivity contribution >= 4 is 5.91 Å². The summed E-state index contributed by atoms with van der Waals surface area (Å²) in [5, 5.41) is 3.02. The van der Waals surface area contributed by atoms with Gasteiger partial charge in [0.05, 0.1) is 6.04 Å². The highest BCUT2D eigenvalue weighted by Gasteiger charge is 2.11. The molecule has 19 heavy (non-hydrogen) atoms. The van der Waals surface area contributed by atoms with Crippen LogP contribution < -0.4 is 5.32 Å². The third kappa shape index (κ3) is 3.22. The van der Waals surface area contributed by atoms with Crippen molar-refractivity contribution in [2.45, 2.75) is 26.8 Å². The summed E-state index contributed by atoms with van der Waals surface area (Å²) < 4.78 is 0. The average Bonchev–Trinajstić information content (AvgIpc) is 2.42. The molecule has 0 aromatic heterocycles.